The zero-order valence-electron chi connectivity index (χ0n) is 8.66. The molecule has 3 N–H and O–H groups in total. The number of carbonyl (C=O) groups is 2. The Bertz CT molecular complexity index is 244. The lowest BCUT2D eigenvalue weighted by atomic mass is 9.92. The van der Waals surface area contributed by atoms with Gasteiger partial charge in [-0.25, -0.2) is 9.59 Å². The SMILES string of the molecule is CNC(=O)O[C@@H]1CCCC[C@H]1NC(=O)O. The van der Waals surface area contributed by atoms with Crippen molar-refractivity contribution in [3.63, 3.8) is 0 Å². The van der Waals surface area contributed by atoms with Crippen LogP contribution < -0.4 is 10.6 Å². The normalized spacial score (nSPS) is 25.4. The Morgan fingerprint density at radius 1 is 1.33 bits per heavy atom. The first-order valence-electron chi connectivity index (χ1n) is 5.01. The molecular formula is C9H16N2O4. The van der Waals surface area contributed by atoms with E-state index in [2.05, 4.69) is 10.6 Å². The molecule has 0 spiro atoms. The standard InChI is InChI=1S/C9H16N2O4/c1-10-9(14)15-7-5-3-2-4-6(7)11-8(12)13/h6-7,11H,2-5H2,1H3,(H,10,14)(H,12,13)/t6-,7-/m1/s1. The van der Waals surface area contributed by atoms with Crippen LogP contribution in [0.15, 0.2) is 0 Å². The minimum absolute atomic E-state index is 0.284. The summed E-state index contributed by atoms with van der Waals surface area (Å²) in [7, 11) is 1.48. The maximum absolute atomic E-state index is 11.0. The second-order valence-corrected chi connectivity index (χ2v) is 3.53. The number of amides is 2. The van der Waals surface area contributed by atoms with Crippen LogP contribution in [0.5, 0.6) is 0 Å². The van der Waals surface area contributed by atoms with Crippen molar-refractivity contribution in [2.75, 3.05) is 7.05 Å². The van der Waals surface area contributed by atoms with Gasteiger partial charge in [0.1, 0.15) is 6.10 Å². The molecule has 2 atom stereocenters. The van der Waals surface area contributed by atoms with E-state index in [0.29, 0.717) is 12.8 Å². The molecule has 2 amide bonds. The number of nitrogens with one attached hydrogen (secondary N) is 2. The van der Waals surface area contributed by atoms with E-state index in [4.69, 9.17) is 9.84 Å². The number of alkyl carbamates (subject to hydrolysis) is 1. The van der Waals surface area contributed by atoms with Gasteiger partial charge in [-0.05, 0) is 19.3 Å². The Morgan fingerprint density at radius 2 is 2.00 bits per heavy atom. The van der Waals surface area contributed by atoms with Crippen molar-refractivity contribution in [2.45, 2.75) is 37.8 Å². The summed E-state index contributed by atoms with van der Waals surface area (Å²) < 4.78 is 5.08. The summed E-state index contributed by atoms with van der Waals surface area (Å²) in [6, 6.07) is -0.284. The summed E-state index contributed by atoms with van der Waals surface area (Å²) in [6.07, 6.45) is 1.39. The molecule has 6 heteroatoms. The highest BCUT2D eigenvalue weighted by Gasteiger charge is 2.29. The average molecular weight is 216 g/mol. The molecule has 0 aromatic rings. The van der Waals surface area contributed by atoms with Crippen LogP contribution in [0.3, 0.4) is 0 Å². The monoisotopic (exact) mass is 216 g/mol. The number of carboxylic acid groups (broad SMARTS) is 1. The third kappa shape index (κ3) is 3.65. The van der Waals surface area contributed by atoms with Crippen LogP contribution in [0.1, 0.15) is 25.7 Å². The van der Waals surface area contributed by atoms with E-state index >= 15 is 0 Å². The van der Waals surface area contributed by atoms with Gasteiger partial charge in [0.2, 0.25) is 0 Å². The van der Waals surface area contributed by atoms with E-state index in [1.807, 2.05) is 0 Å². The van der Waals surface area contributed by atoms with Gasteiger partial charge in [-0.1, -0.05) is 6.42 Å². The van der Waals surface area contributed by atoms with Crippen molar-refractivity contribution in [1.29, 1.82) is 0 Å². The first kappa shape index (κ1) is 11.6. The number of hydrogen-bond donors (Lipinski definition) is 3. The minimum atomic E-state index is -1.08. The highest BCUT2D eigenvalue weighted by atomic mass is 16.6. The molecule has 1 saturated carbocycles. The molecule has 0 aromatic heterocycles. The Balaban J connectivity index is 2.49. The van der Waals surface area contributed by atoms with Crippen LogP contribution in [0.2, 0.25) is 0 Å². The van der Waals surface area contributed by atoms with Gasteiger partial charge in [0.25, 0.3) is 0 Å². The Kier molecular flexibility index (Phi) is 4.20. The van der Waals surface area contributed by atoms with Crippen molar-refractivity contribution in [3.05, 3.63) is 0 Å². The first-order chi connectivity index (χ1) is 7.13. The molecule has 15 heavy (non-hydrogen) atoms. The maximum Gasteiger partial charge on any atom is 0.407 e. The van der Waals surface area contributed by atoms with E-state index in [1.54, 1.807) is 0 Å². The van der Waals surface area contributed by atoms with Crippen molar-refractivity contribution < 1.29 is 19.4 Å². The van der Waals surface area contributed by atoms with Crippen molar-refractivity contribution in [2.24, 2.45) is 0 Å². The number of ether oxygens (including phenoxy) is 1. The number of carbonyl (C=O) groups excluding carboxylic acids is 1. The summed E-state index contributed by atoms with van der Waals surface area (Å²) in [5.74, 6) is 0. The van der Waals surface area contributed by atoms with E-state index in [1.165, 1.54) is 7.05 Å². The predicted octanol–water partition coefficient (Wildman–Crippen LogP) is 0.921. The average Bonchev–Trinajstić information content (AvgIpc) is 2.20. The predicted molar refractivity (Wildman–Crippen MR) is 52.7 cm³/mol. The molecule has 1 aliphatic carbocycles. The number of rotatable bonds is 2. The van der Waals surface area contributed by atoms with Gasteiger partial charge >= 0.3 is 12.2 Å². The Labute approximate surface area is 88.0 Å². The van der Waals surface area contributed by atoms with Gasteiger partial charge < -0.3 is 20.5 Å². The molecule has 0 saturated heterocycles. The van der Waals surface area contributed by atoms with Gasteiger partial charge in [-0.2, -0.15) is 0 Å². The molecule has 0 aliphatic heterocycles. The van der Waals surface area contributed by atoms with Crippen LogP contribution in [-0.2, 0) is 4.74 Å². The zero-order valence-corrected chi connectivity index (χ0v) is 8.66. The van der Waals surface area contributed by atoms with Gasteiger partial charge in [0.15, 0.2) is 0 Å². The lowest BCUT2D eigenvalue weighted by Gasteiger charge is -2.30. The third-order valence-electron chi connectivity index (χ3n) is 2.47. The van der Waals surface area contributed by atoms with E-state index in [9.17, 15) is 9.59 Å². The lowest BCUT2D eigenvalue weighted by molar-refractivity contribution is 0.0532. The van der Waals surface area contributed by atoms with Crippen LogP contribution in [0.4, 0.5) is 9.59 Å². The summed E-state index contributed by atoms with van der Waals surface area (Å²) in [6.45, 7) is 0. The molecule has 1 aliphatic rings. The molecule has 6 nitrogen and oxygen atoms in total. The van der Waals surface area contributed by atoms with Crippen LogP contribution in [0.25, 0.3) is 0 Å². The lowest BCUT2D eigenvalue weighted by Crippen LogP contribution is -2.47. The summed E-state index contributed by atoms with van der Waals surface area (Å²) in [4.78, 5) is 21.5. The largest absolute Gasteiger partial charge is 0.465 e. The van der Waals surface area contributed by atoms with Gasteiger partial charge in [-0.15, -0.1) is 0 Å². The summed E-state index contributed by atoms with van der Waals surface area (Å²) >= 11 is 0. The highest BCUT2D eigenvalue weighted by molar-refractivity contribution is 5.67. The third-order valence-corrected chi connectivity index (χ3v) is 2.47. The fraction of sp³-hybridized carbons (Fsp3) is 0.778. The molecule has 0 radical (unpaired) electrons. The second kappa shape index (κ2) is 5.43. The van der Waals surface area contributed by atoms with Gasteiger partial charge in [-0.3, -0.25) is 0 Å². The molecular weight excluding hydrogens is 200 g/mol. The van der Waals surface area contributed by atoms with E-state index in [-0.39, 0.29) is 12.1 Å². The summed E-state index contributed by atoms with van der Waals surface area (Å²) in [5.41, 5.74) is 0. The highest BCUT2D eigenvalue weighted by Crippen LogP contribution is 2.21. The molecule has 0 bridgehead atoms. The fourth-order valence-corrected chi connectivity index (χ4v) is 1.76. The Morgan fingerprint density at radius 3 is 2.60 bits per heavy atom. The molecule has 86 valence electrons. The fourth-order valence-electron chi connectivity index (χ4n) is 1.76. The minimum Gasteiger partial charge on any atom is -0.465 e. The molecule has 0 aromatic carbocycles. The maximum atomic E-state index is 11.0. The summed E-state index contributed by atoms with van der Waals surface area (Å²) in [5, 5.41) is 13.3. The molecule has 1 fully saturated rings. The van der Waals surface area contributed by atoms with Gasteiger partial charge in [0, 0.05) is 7.05 Å². The quantitative estimate of drug-likeness (QED) is 0.640. The zero-order chi connectivity index (χ0) is 11.3. The van der Waals surface area contributed by atoms with Crippen molar-refractivity contribution in [1.82, 2.24) is 10.6 Å². The molecule has 1 rings (SSSR count). The van der Waals surface area contributed by atoms with Crippen LogP contribution >= 0.6 is 0 Å². The number of hydrogen-bond acceptors (Lipinski definition) is 3. The molecule has 0 heterocycles. The van der Waals surface area contributed by atoms with E-state index < -0.39 is 12.2 Å². The van der Waals surface area contributed by atoms with Crippen LogP contribution in [0, 0.1) is 0 Å². The molecule has 0 unspecified atom stereocenters. The first-order valence-corrected chi connectivity index (χ1v) is 5.01. The van der Waals surface area contributed by atoms with E-state index in [0.717, 1.165) is 12.8 Å². The van der Waals surface area contributed by atoms with Crippen molar-refractivity contribution >= 4 is 12.2 Å². The topological polar surface area (TPSA) is 87.7 Å². The van der Waals surface area contributed by atoms with Crippen LogP contribution in [-0.4, -0.2) is 36.5 Å². The smallest absolute Gasteiger partial charge is 0.407 e. The second-order valence-electron chi connectivity index (χ2n) is 3.53. The van der Waals surface area contributed by atoms with Gasteiger partial charge in [0.05, 0.1) is 6.04 Å². The van der Waals surface area contributed by atoms with Crippen molar-refractivity contribution in [3.8, 4) is 0 Å². The Hall–Kier alpha value is -1.46.